The molecule has 0 heterocycles. The van der Waals surface area contributed by atoms with Gasteiger partial charge in [0.05, 0.1) is 31.2 Å². The number of rotatable bonds is 10. The molecule has 7 nitrogen and oxygen atoms in total. The van der Waals surface area contributed by atoms with Crippen molar-refractivity contribution in [2.24, 2.45) is 11.8 Å². The maximum Gasteiger partial charge on any atom is 0.418 e. The van der Waals surface area contributed by atoms with E-state index in [-0.39, 0.29) is 25.0 Å². The molecular formula is C25H30FNO6. The molecule has 2 atom stereocenters. The zero-order valence-corrected chi connectivity index (χ0v) is 18.7. The monoisotopic (exact) mass is 459 g/mol. The molecule has 1 saturated carbocycles. The quantitative estimate of drug-likeness (QED) is 0.512. The molecule has 0 aromatic heterocycles. The van der Waals surface area contributed by atoms with Crippen molar-refractivity contribution in [3.05, 3.63) is 54.3 Å². The van der Waals surface area contributed by atoms with Gasteiger partial charge in [0.2, 0.25) is 0 Å². The van der Waals surface area contributed by atoms with E-state index >= 15 is 0 Å². The molecule has 0 spiro atoms. The van der Waals surface area contributed by atoms with Gasteiger partial charge >= 0.3 is 12.1 Å². The Morgan fingerprint density at radius 3 is 2.21 bits per heavy atom. The van der Waals surface area contributed by atoms with Gasteiger partial charge in [-0.25, -0.2) is 18.9 Å². The molecule has 8 heteroatoms. The lowest BCUT2D eigenvalue weighted by molar-refractivity contribution is -0.142. The van der Waals surface area contributed by atoms with Crippen molar-refractivity contribution >= 4 is 23.4 Å². The summed E-state index contributed by atoms with van der Waals surface area (Å²) in [5, 5.41) is 8.72. The van der Waals surface area contributed by atoms with Crippen LogP contribution in [0, 0.1) is 17.7 Å². The number of hydrogen-bond acceptors (Lipinski definition) is 5. The summed E-state index contributed by atoms with van der Waals surface area (Å²) >= 11 is 0. The summed E-state index contributed by atoms with van der Waals surface area (Å²) < 4.78 is 29.9. The van der Waals surface area contributed by atoms with Crippen LogP contribution in [0.15, 0.2) is 48.5 Å². The lowest BCUT2D eigenvalue weighted by atomic mass is 9.82. The number of amides is 1. The molecule has 3 rings (SSSR count). The fourth-order valence-corrected chi connectivity index (χ4v) is 4.08. The van der Waals surface area contributed by atoms with Gasteiger partial charge in [-0.1, -0.05) is 6.42 Å². The summed E-state index contributed by atoms with van der Waals surface area (Å²) in [6.45, 7) is 2.77. The number of hydrogen-bond donors (Lipinski definition) is 1. The van der Waals surface area contributed by atoms with Crippen LogP contribution >= 0.6 is 0 Å². The highest BCUT2D eigenvalue weighted by molar-refractivity contribution is 5.96. The van der Waals surface area contributed by atoms with Crippen molar-refractivity contribution in [3.8, 4) is 5.75 Å². The minimum absolute atomic E-state index is 0.177. The van der Waals surface area contributed by atoms with Gasteiger partial charge in [-0.3, -0.25) is 0 Å². The minimum Gasteiger partial charge on any atom is -0.494 e. The van der Waals surface area contributed by atoms with Gasteiger partial charge < -0.3 is 19.3 Å². The van der Waals surface area contributed by atoms with Crippen LogP contribution in [0.4, 0.5) is 20.6 Å². The lowest BCUT2D eigenvalue weighted by Gasteiger charge is -2.29. The van der Waals surface area contributed by atoms with E-state index in [1.165, 1.54) is 29.2 Å². The third-order valence-corrected chi connectivity index (χ3v) is 5.59. The molecule has 1 aliphatic carbocycles. The van der Waals surface area contributed by atoms with Crippen LogP contribution in [0.5, 0.6) is 5.75 Å². The normalized spacial score (nSPS) is 17.9. The fraction of sp³-hybridized carbons (Fsp3) is 0.440. The van der Waals surface area contributed by atoms with Crippen molar-refractivity contribution < 1.29 is 33.3 Å². The molecule has 2 aromatic carbocycles. The van der Waals surface area contributed by atoms with Gasteiger partial charge in [-0.15, -0.1) is 0 Å². The molecule has 0 radical (unpaired) electrons. The van der Waals surface area contributed by atoms with E-state index in [1.54, 1.807) is 24.3 Å². The summed E-state index contributed by atoms with van der Waals surface area (Å²) in [7, 11) is 0. The predicted octanol–water partition coefficient (Wildman–Crippen LogP) is 5.41. The van der Waals surface area contributed by atoms with Crippen LogP contribution in [0.2, 0.25) is 0 Å². The Morgan fingerprint density at radius 1 is 1.00 bits per heavy atom. The highest BCUT2D eigenvalue weighted by Gasteiger charge is 2.26. The molecule has 1 aliphatic rings. The van der Waals surface area contributed by atoms with Crippen LogP contribution in [-0.2, 0) is 14.3 Å². The topological polar surface area (TPSA) is 85.3 Å². The third-order valence-electron chi connectivity index (χ3n) is 5.59. The molecule has 1 fully saturated rings. The number of nitrogens with zero attached hydrogens (tertiary/aromatic N) is 1. The zero-order chi connectivity index (χ0) is 23.6. The maximum atomic E-state index is 13.5. The Bertz CT molecular complexity index is 902. The lowest BCUT2D eigenvalue weighted by Crippen LogP contribution is -2.30. The molecule has 0 aliphatic heterocycles. The van der Waals surface area contributed by atoms with Crippen LogP contribution in [0.1, 0.15) is 32.6 Å². The number of halogens is 1. The Morgan fingerprint density at radius 2 is 1.61 bits per heavy atom. The van der Waals surface area contributed by atoms with E-state index in [0.29, 0.717) is 30.3 Å². The number of anilines is 2. The summed E-state index contributed by atoms with van der Waals surface area (Å²) in [5.74, 6) is -0.256. The number of benzene rings is 2. The van der Waals surface area contributed by atoms with E-state index in [9.17, 15) is 14.0 Å². The van der Waals surface area contributed by atoms with Crippen molar-refractivity contribution in [2.75, 3.05) is 31.3 Å². The van der Waals surface area contributed by atoms with Crippen molar-refractivity contribution in [2.45, 2.75) is 32.6 Å². The molecule has 33 heavy (non-hydrogen) atoms. The molecule has 1 amide bonds. The van der Waals surface area contributed by atoms with E-state index in [2.05, 4.69) is 0 Å². The Kier molecular flexibility index (Phi) is 9.06. The first-order chi connectivity index (χ1) is 16.0. The van der Waals surface area contributed by atoms with Crippen LogP contribution in [0.25, 0.3) is 0 Å². The summed E-state index contributed by atoms with van der Waals surface area (Å²) in [4.78, 5) is 25.1. The van der Waals surface area contributed by atoms with Gasteiger partial charge in [-0.05, 0) is 86.6 Å². The second kappa shape index (κ2) is 12.2. The summed E-state index contributed by atoms with van der Waals surface area (Å²) in [5.41, 5.74) is 1.08. The first-order valence-corrected chi connectivity index (χ1v) is 11.2. The standard InChI is InChI=1S/C25H30FNO6/c1-2-32-23-12-10-22(11-13-23)27(21-8-6-20(26)7-9-21)25(30)33-16-19-5-3-4-18(14-19)15-31-17-24(28)29/h6-13,18-19H,2-5,14-17H2,1H3,(H,28,29). The molecule has 1 N–H and O–H groups in total. The Hall–Kier alpha value is -3.13. The maximum absolute atomic E-state index is 13.5. The van der Waals surface area contributed by atoms with E-state index in [0.717, 1.165) is 25.7 Å². The molecule has 2 aromatic rings. The average Bonchev–Trinajstić information content (AvgIpc) is 2.80. The van der Waals surface area contributed by atoms with E-state index in [1.807, 2.05) is 6.92 Å². The summed E-state index contributed by atoms with van der Waals surface area (Å²) in [6, 6.07) is 12.7. The number of carbonyl (C=O) groups is 2. The van der Waals surface area contributed by atoms with Crippen molar-refractivity contribution in [1.82, 2.24) is 0 Å². The van der Waals surface area contributed by atoms with Crippen molar-refractivity contribution in [1.29, 1.82) is 0 Å². The largest absolute Gasteiger partial charge is 0.494 e. The minimum atomic E-state index is -0.980. The second-order valence-corrected chi connectivity index (χ2v) is 8.12. The van der Waals surface area contributed by atoms with Gasteiger partial charge in [0.1, 0.15) is 18.2 Å². The molecule has 0 bridgehead atoms. The van der Waals surface area contributed by atoms with Crippen LogP contribution in [0.3, 0.4) is 0 Å². The molecule has 2 unspecified atom stereocenters. The molecular weight excluding hydrogens is 429 g/mol. The molecule has 0 saturated heterocycles. The van der Waals surface area contributed by atoms with Crippen LogP contribution < -0.4 is 9.64 Å². The number of carboxylic acid groups (broad SMARTS) is 1. The van der Waals surface area contributed by atoms with Crippen molar-refractivity contribution in [3.63, 3.8) is 0 Å². The first-order valence-electron chi connectivity index (χ1n) is 11.2. The zero-order valence-electron chi connectivity index (χ0n) is 18.7. The predicted molar refractivity (Wildman–Crippen MR) is 121 cm³/mol. The summed E-state index contributed by atoms with van der Waals surface area (Å²) in [6.07, 6.45) is 3.14. The second-order valence-electron chi connectivity index (χ2n) is 8.12. The smallest absolute Gasteiger partial charge is 0.418 e. The van der Waals surface area contributed by atoms with Gasteiger partial charge in [0, 0.05) is 0 Å². The van der Waals surface area contributed by atoms with Gasteiger partial charge in [-0.2, -0.15) is 0 Å². The van der Waals surface area contributed by atoms with E-state index in [4.69, 9.17) is 19.3 Å². The fourth-order valence-electron chi connectivity index (χ4n) is 4.08. The number of aliphatic carboxylic acids is 1. The highest BCUT2D eigenvalue weighted by atomic mass is 19.1. The SMILES string of the molecule is CCOc1ccc(N(C(=O)OCC2CCCC(COCC(=O)O)C2)c2ccc(F)cc2)cc1. The third kappa shape index (κ3) is 7.46. The Balaban J connectivity index is 1.65. The average molecular weight is 460 g/mol. The first kappa shape index (κ1) is 24.5. The van der Waals surface area contributed by atoms with E-state index < -0.39 is 17.9 Å². The van der Waals surface area contributed by atoms with Gasteiger partial charge in [0.25, 0.3) is 0 Å². The number of ether oxygens (including phenoxy) is 3. The Labute approximate surface area is 193 Å². The van der Waals surface area contributed by atoms with Crippen LogP contribution in [-0.4, -0.2) is 43.6 Å². The van der Waals surface area contributed by atoms with Gasteiger partial charge in [0.15, 0.2) is 0 Å². The number of carbonyl (C=O) groups excluding carboxylic acids is 1. The highest BCUT2D eigenvalue weighted by Crippen LogP contribution is 2.31. The molecule has 178 valence electrons. The number of carboxylic acids is 1.